The van der Waals surface area contributed by atoms with E-state index in [-0.39, 0.29) is 16.6 Å². The van der Waals surface area contributed by atoms with Crippen molar-refractivity contribution in [2.75, 3.05) is 0 Å². The molecule has 0 aromatic carbocycles. The van der Waals surface area contributed by atoms with Crippen LogP contribution in [0.5, 0.6) is 0 Å². The van der Waals surface area contributed by atoms with Crippen molar-refractivity contribution in [1.29, 1.82) is 0 Å². The van der Waals surface area contributed by atoms with Crippen molar-refractivity contribution in [1.82, 2.24) is 5.01 Å². The molecule has 1 N–H and O–H groups in total. The Hall–Kier alpha value is -1.31. The summed E-state index contributed by atoms with van der Waals surface area (Å²) in [6.07, 6.45) is -7.12. The molecule has 1 aliphatic rings. The second kappa shape index (κ2) is 4.91. The molecular weight excluding hydrogens is 277 g/mol. The Kier molecular flexibility index (Phi) is 4.11. The highest BCUT2D eigenvalue weighted by Gasteiger charge is 2.64. The van der Waals surface area contributed by atoms with Gasteiger partial charge in [-0.15, -0.1) is 0 Å². The van der Waals surface area contributed by atoms with Gasteiger partial charge >= 0.3 is 12.3 Å². The smallest absolute Gasteiger partial charge is 0.439 e. The van der Waals surface area contributed by atoms with Crippen LogP contribution in [-0.2, 0) is 4.74 Å². The fraction of sp³-hybridized carbons (Fsp3) is 0.833. The van der Waals surface area contributed by atoms with Gasteiger partial charge in [0.1, 0.15) is 5.60 Å². The van der Waals surface area contributed by atoms with E-state index in [9.17, 15) is 23.1 Å². The summed E-state index contributed by atoms with van der Waals surface area (Å²) in [5, 5.41) is 13.4. The molecule has 0 saturated heterocycles. The topological polar surface area (TPSA) is 62.1 Å². The SMILES string of the molecule is CC(C)C1=NN(C(=O)OC(C)(C)C)[C@](O)(C(F)(F)F)C1. The largest absolute Gasteiger partial charge is 0.442 e. The zero-order valence-electron chi connectivity index (χ0n) is 12.1. The standard InChI is InChI=1S/C12H19F3N2O3/c1-7(2)8-6-11(19,12(13,14)15)17(16-8)9(18)20-10(3,4)5/h7,19H,6H2,1-5H3/t11-/m1/s1. The minimum absolute atomic E-state index is 0.00637. The Morgan fingerprint density at radius 1 is 1.40 bits per heavy atom. The van der Waals surface area contributed by atoms with Crippen LogP contribution in [0.3, 0.4) is 0 Å². The van der Waals surface area contributed by atoms with Crippen molar-refractivity contribution in [3.05, 3.63) is 0 Å². The molecule has 0 aromatic rings. The monoisotopic (exact) mass is 296 g/mol. The molecule has 20 heavy (non-hydrogen) atoms. The molecule has 8 heteroatoms. The van der Waals surface area contributed by atoms with Gasteiger partial charge in [-0.2, -0.15) is 23.3 Å². The van der Waals surface area contributed by atoms with Gasteiger partial charge in [0.2, 0.25) is 0 Å². The Balaban J connectivity index is 3.13. The lowest BCUT2D eigenvalue weighted by molar-refractivity contribution is -0.300. The summed E-state index contributed by atoms with van der Waals surface area (Å²) in [5.41, 5.74) is -4.25. The number of aliphatic hydroxyl groups is 1. The van der Waals surface area contributed by atoms with E-state index in [1.165, 1.54) is 20.8 Å². The van der Waals surface area contributed by atoms with Crippen molar-refractivity contribution in [3.63, 3.8) is 0 Å². The van der Waals surface area contributed by atoms with Gasteiger partial charge in [0.25, 0.3) is 5.72 Å². The zero-order chi connectivity index (χ0) is 15.9. The number of rotatable bonds is 1. The predicted molar refractivity (Wildman–Crippen MR) is 66.0 cm³/mol. The highest BCUT2D eigenvalue weighted by molar-refractivity contribution is 5.90. The van der Waals surface area contributed by atoms with E-state index in [1.807, 2.05) is 0 Å². The fourth-order valence-electron chi connectivity index (χ4n) is 1.61. The van der Waals surface area contributed by atoms with E-state index in [0.717, 1.165) is 0 Å². The molecule has 0 spiro atoms. The molecular formula is C12H19F3N2O3. The number of carbonyl (C=O) groups excluding carboxylic acids is 1. The van der Waals surface area contributed by atoms with Crippen LogP contribution in [0.2, 0.25) is 0 Å². The van der Waals surface area contributed by atoms with E-state index in [0.29, 0.717) is 0 Å². The Bertz CT molecular complexity index is 427. The zero-order valence-corrected chi connectivity index (χ0v) is 12.1. The summed E-state index contributed by atoms with van der Waals surface area (Å²) < 4.78 is 44.0. The maximum absolute atomic E-state index is 13.1. The van der Waals surface area contributed by atoms with Crippen LogP contribution in [0, 0.1) is 5.92 Å². The molecule has 0 fully saturated rings. The van der Waals surface area contributed by atoms with Crippen LogP contribution in [0.1, 0.15) is 41.0 Å². The minimum atomic E-state index is -5.02. The summed E-state index contributed by atoms with van der Waals surface area (Å²) in [7, 11) is 0. The van der Waals surface area contributed by atoms with Crippen molar-refractivity contribution in [3.8, 4) is 0 Å². The third kappa shape index (κ3) is 3.23. The van der Waals surface area contributed by atoms with Crippen LogP contribution in [0.4, 0.5) is 18.0 Å². The number of hydrogen-bond donors (Lipinski definition) is 1. The van der Waals surface area contributed by atoms with E-state index >= 15 is 0 Å². The summed E-state index contributed by atoms with van der Waals surface area (Å²) in [5.74, 6) is -0.323. The Labute approximate surface area is 115 Å². The van der Waals surface area contributed by atoms with E-state index in [4.69, 9.17) is 4.74 Å². The van der Waals surface area contributed by atoms with Gasteiger partial charge in [0.15, 0.2) is 0 Å². The predicted octanol–water partition coefficient (Wildman–Crippen LogP) is 2.89. The number of halogens is 3. The molecule has 5 nitrogen and oxygen atoms in total. The number of alkyl halides is 3. The molecule has 1 aliphatic heterocycles. The average Bonchev–Trinajstić information content (AvgIpc) is 2.54. The van der Waals surface area contributed by atoms with Gasteiger partial charge in [-0.25, -0.2) is 4.79 Å². The number of hydrogen-bond acceptors (Lipinski definition) is 4. The normalized spacial score (nSPS) is 24.1. The highest BCUT2D eigenvalue weighted by Crippen LogP contribution is 2.41. The Morgan fingerprint density at radius 2 is 1.90 bits per heavy atom. The van der Waals surface area contributed by atoms with Crippen LogP contribution >= 0.6 is 0 Å². The Morgan fingerprint density at radius 3 is 2.25 bits per heavy atom. The van der Waals surface area contributed by atoms with Crippen LogP contribution < -0.4 is 0 Å². The summed E-state index contributed by atoms with van der Waals surface area (Å²) in [6.45, 7) is 7.81. The number of ether oxygens (including phenoxy) is 1. The van der Waals surface area contributed by atoms with Crippen molar-refractivity contribution >= 4 is 11.8 Å². The summed E-state index contributed by atoms with van der Waals surface area (Å²) in [6, 6.07) is 0. The number of nitrogens with zero attached hydrogens (tertiary/aromatic N) is 2. The van der Waals surface area contributed by atoms with Gasteiger partial charge in [-0.1, -0.05) is 13.8 Å². The second-order valence-corrected chi connectivity index (χ2v) is 6.03. The van der Waals surface area contributed by atoms with E-state index < -0.39 is 30.0 Å². The first kappa shape index (κ1) is 16.7. The van der Waals surface area contributed by atoms with Crippen molar-refractivity contribution in [2.24, 2.45) is 11.0 Å². The lowest BCUT2D eigenvalue weighted by Crippen LogP contribution is -2.57. The lowest BCUT2D eigenvalue weighted by Gasteiger charge is -2.33. The first-order valence-corrected chi connectivity index (χ1v) is 6.17. The number of amides is 1. The van der Waals surface area contributed by atoms with Gasteiger partial charge in [0, 0.05) is 12.1 Å². The van der Waals surface area contributed by atoms with Gasteiger partial charge in [-0.05, 0) is 26.7 Å². The maximum atomic E-state index is 13.1. The minimum Gasteiger partial charge on any atom is -0.442 e. The van der Waals surface area contributed by atoms with Crippen molar-refractivity contribution in [2.45, 2.75) is 58.5 Å². The fourth-order valence-corrected chi connectivity index (χ4v) is 1.61. The first-order valence-electron chi connectivity index (χ1n) is 6.17. The molecule has 1 amide bonds. The molecule has 0 radical (unpaired) electrons. The van der Waals surface area contributed by atoms with Gasteiger partial charge in [0.05, 0.1) is 0 Å². The van der Waals surface area contributed by atoms with Crippen molar-refractivity contribution < 1.29 is 27.8 Å². The third-order valence-corrected chi connectivity index (χ3v) is 2.69. The quantitative estimate of drug-likeness (QED) is 0.809. The molecule has 0 unspecified atom stereocenters. The lowest BCUT2D eigenvalue weighted by atomic mass is 9.99. The first-order chi connectivity index (χ1) is 8.78. The highest BCUT2D eigenvalue weighted by atomic mass is 19.4. The number of carbonyl (C=O) groups is 1. The molecule has 116 valence electrons. The average molecular weight is 296 g/mol. The van der Waals surface area contributed by atoms with Gasteiger partial charge in [-0.3, -0.25) is 0 Å². The van der Waals surface area contributed by atoms with E-state index in [1.54, 1.807) is 13.8 Å². The van der Waals surface area contributed by atoms with Gasteiger partial charge < -0.3 is 9.84 Å². The number of hydrazone groups is 1. The molecule has 1 heterocycles. The molecule has 0 aromatic heterocycles. The van der Waals surface area contributed by atoms with Crippen LogP contribution in [-0.4, -0.2) is 39.4 Å². The third-order valence-electron chi connectivity index (χ3n) is 2.69. The van der Waals surface area contributed by atoms with Crippen LogP contribution in [0.25, 0.3) is 0 Å². The summed E-state index contributed by atoms with van der Waals surface area (Å²) >= 11 is 0. The molecule has 1 atom stereocenters. The maximum Gasteiger partial charge on any atom is 0.439 e. The molecule has 0 bridgehead atoms. The molecule has 0 saturated carbocycles. The second-order valence-electron chi connectivity index (χ2n) is 6.03. The van der Waals surface area contributed by atoms with Crippen LogP contribution in [0.15, 0.2) is 5.10 Å². The molecule has 1 rings (SSSR count). The van der Waals surface area contributed by atoms with E-state index in [2.05, 4.69) is 5.10 Å². The summed E-state index contributed by atoms with van der Waals surface area (Å²) in [4.78, 5) is 11.8. The molecule has 0 aliphatic carbocycles.